The summed E-state index contributed by atoms with van der Waals surface area (Å²) in [5, 5.41) is 3.14. The fourth-order valence-corrected chi connectivity index (χ4v) is 4.35. The molecule has 1 fully saturated rings. The highest BCUT2D eigenvalue weighted by atomic mass is 16.6. The minimum Gasteiger partial charge on any atom is -0.494 e. The van der Waals surface area contributed by atoms with E-state index in [1.54, 1.807) is 4.58 Å². The lowest BCUT2D eigenvalue weighted by molar-refractivity contribution is -0.537. The Morgan fingerprint density at radius 2 is 1.94 bits per heavy atom. The van der Waals surface area contributed by atoms with E-state index < -0.39 is 5.60 Å². The standard InChI is InChI=1S/C25H38N4O4/c1-25(2,3)33-23(31)17-29-16-18-15-20(12-13-21(18)27-24(29)26)32-14-8-11-22(30)28(4)19-9-6-5-7-10-19/h12-13,15,19H,5-11,14,16-17H2,1-4H3,(H2,26,27)/p+1. The molecule has 0 bridgehead atoms. The van der Waals surface area contributed by atoms with Gasteiger partial charge in [-0.2, -0.15) is 0 Å². The number of nitrogens with zero attached hydrogens (tertiary/aromatic N) is 2. The van der Waals surface area contributed by atoms with E-state index in [0.29, 0.717) is 38.0 Å². The van der Waals surface area contributed by atoms with Crippen LogP contribution in [-0.2, 0) is 20.9 Å². The SMILES string of the molecule is CN(C(=O)CCCOc1ccc2c(c1)C[N+](CC(=O)OC(C)(C)C)=C(N)N2)C1CCCCC1. The summed E-state index contributed by atoms with van der Waals surface area (Å²) >= 11 is 0. The van der Waals surface area contributed by atoms with Gasteiger partial charge in [0.1, 0.15) is 17.0 Å². The quantitative estimate of drug-likeness (QED) is 0.352. The van der Waals surface area contributed by atoms with Gasteiger partial charge >= 0.3 is 11.9 Å². The third kappa shape index (κ3) is 7.37. The molecule has 1 saturated carbocycles. The van der Waals surface area contributed by atoms with Crippen molar-refractivity contribution in [2.75, 3.05) is 25.5 Å². The lowest BCUT2D eigenvalue weighted by Crippen LogP contribution is -2.41. The molecule has 8 heteroatoms. The van der Waals surface area contributed by atoms with Crippen LogP contribution in [0.1, 0.15) is 71.3 Å². The van der Waals surface area contributed by atoms with Gasteiger partial charge in [-0.15, -0.1) is 0 Å². The summed E-state index contributed by atoms with van der Waals surface area (Å²) < 4.78 is 13.1. The summed E-state index contributed by atoms with van der Waals surface area (Å²) in [5.41, 5.74) is 7.44. The summed E-state index contributed by atoms with van der Waals surface area (Å²) in [5.74, 6) is 1.03. The Morgan fingerprint density at radius 1 is 1.21 bits per heavy atom. The number of rotatable bonds is 8. The number of carbonyl (C=O) groups excluding carboxylic acids is 2. The molecule has 0 radical (unpaired) electrons. The largest absolute Gasteiger partial charge is 0.494 e. The maximum atomic E-state index is 12.5. The van der Waals surface area contributed by atoms with Crippen molar-refractivity contribution >= 4 is 23.5 Å². The summed E-state index contributed by atoms with van der Waals surface area (Å²) in [4.78, 5) is 26.6. The predicted octanol–water partition coefficient (Wildman–Crippen LogP) is 3.23. The molecule has 0 unspecified atom stereocenters. The van der Waals surface area contributed by atoms with Crippen molar-refractivity contribution in [3.63, 3.8) is 0 Å². The van der Waals surface area contributed by atoms with Crippen LogP contribution in [0.15, 0.2) is 18.2 Å². The first-order valence-corrected chi connectivity index (χ1v) is 12.0. The summed E-state index contributed by atoms with van der Waals surface area (Å²) in [6.45, 7) is 6.55. The Kier molecular flexibility index (Phi) is 8.21. The highest BCUT2D eigenvalue weighted by molar-refractivity contribution is 5.91. The number of amides is 1. The molecule has 1 aromatic carbocycles. The number of guanidine groups is 1. The lowest BCUT2D eigenvalue weighted by atomic mass is 9.94. The number of hydrogen-bond donors (Lipinski definition) is 2. The Bertz CT molecular complexity index is 885. The molecule has 1 aliphatic heterocycles. The van der Waals surface area contributed by atoms with Gasteiger partial charge in [0.2, 0.25) is 5.91 Å². The van der Waals surface area contributed by atoms with Gasteiger partial charge in [0.05, 0.1) is 13.2 Å². The molecule has 0 saturated heterocycles. The van der Waals surface area contributed by atoms with Crippen LogP contribution in [-0.4, -0.2) is 59.2 Å². The number of carbonyl (C=O) groups is 2. The van der Waals surface area contributed by atoms with Gasteiger partial charge in [0, 0.05) is 25.1 Å². The molecule has 33 heavy (non-hydrogen) atoms. The van der Waals surface area contributed by atoms with E-state index >= 15 is 0 Å². The number of nitrogens with two attached hydrogens (primary N) is 1. The van der Waals surface area contributed by atoms with Crippen molar-refractivity contribution < 1.29 is 23.6 Å². The molecule has 8 nitrogen and oxygen atoms in total. The van der Waals surface area contributed by atoms with Crippen molar-refractivity contribution in [1.29, 1.82) is 0 Å². The third-order valence-corrected chi connectivity index (χ3v) is 6.10. The second-order valence-electron chi connectivity index (χ2n) is 10.0. The molecule has 1 aliphatic carbocycles. The Hall–Kier alpha value is -2.77. The van der Waals surface area contributed by atoms with Gasteiger partial charge < -0.3 is 14.4 Å². The maximum Gasteiger partial charge on any atom is 0.349 e. The summed E-state index contributed by atoms with van der Waals surface area (Å²) in [6.07, 6.45) is 7.13. The topological polar surface area (TPSA) is 96.9 Å². The van der Waals surface area contributed by atoms with Crippen molar-refractivity contribution in [2.24, 2.45) is 5.73 Å². The molecule has 2 aliphatic rings. The average molecular weight is 460 g/mol. The smallest absolute Gasteiger partial charge is 0.349 e. The Labute approximate surface area is 197 Å². The van der Waals surface area contributed by atoms with Crippen LogP contribution in [0, 0.1) is 0 Å². The van der Waals surface area contributed by atoms with Gasteiger partial charge in [-0.25, -0.2) is 14.7 Å². The highest BCUT2D eigenvalue weighted by Crippen LogP contribution is 2.26. The van der Waals surface area contributed by atoms with Gasteiger partial charge in [0.25, 0.3) is 0 Å². The lowest BCUT2D eigenvalue weighted by Gasteiger charge is -2.31. The monoisotopic (exact) mass is 459 g/mol. The van der Waals surface area contributed by atoms with E-state index in [2.05, 4.69) is 5.32 Å². The third-order valence-electron chi connectivity index (χ3n) is 6.10. The molecule has 0 aromatic heterocycles. The molecule has 3 rings (SSSR count). The molecular weight excluding hydrogens is 420 g/mol. The number of benzene rings is 1. The first kappa shape index (κ1) is 24.9. The highest BCUT2D eigenvalue weighted by Gasteiger charge is 2.25. The van der Waals surface area contributed by atoms with E-state index in [9.17, 15) is 9.59 Å². The molecule has 1 amide bonds. The molecule has 1 heterocycles. The molecule has 0 atom stereocenters. The number of ether oxygens (including phenoxy) is 2. The van der Waals surface area contributed by atoms with Crippen LogP contribution in [0.5, 0.6) is 5.75 Å². The van der Waals surface area contributed by atoms with Crippen molar-refractivity contribution in [3.8, 4) is 5.75 Å². The van der Waals surface area contributed by atoms with E-state index in [1.807, 2.05) is 50.9 Å². The molecular formula is C25H39N4O4+. The van der Waals surface area contributed by atoms with Crippen LogP contribution in [0.4, 0.5) is 5.69 Å². The van der Waals surface area contributed by atoms with Crippen LogP contribution in [0.25, 0.3) is 0 Å². The summed E-state index contributed by atoms with van der Waals surface area (Å²) in [6, 6.07) is 6.16. The molecule has 3 N–H and O–H groups in total. The number of esters is 1. The van der Waals surface area contributed by atoms with Gasteiger partial charge in [-0.1, -0.05) is 19.3 Å². The van der Waals surface area contributed by atoms with Gasteiger partial charge in [-0.05, 0) is 58.2 Å². The first-order chi connectivity index (χ1) is 15.6. The second kappa shape index (κ2) is 10.9. The van der Waals surface area contributed by atoms with Gasteiger partial charge in [0.15, 0.2) is 6.54 Å². The van der Waals surface area contributed by atoms with Crippen LogP contribution in [0.3, 0.4) is 0 Å². The zero-order chi connectivity index (χ0) is 24.0. The van der Waals surface area contributed by atoms with Crippen molar-refractivity contribution in [3.05, 3.63) is 23.8 Å². The molecule has 182 valence electrons. The minimum atomic E-state index is -0.541. The van der Waals surface area contributed by atoms with Gasteiger partial charge in [-0.3, -0.25) is 10.5 Å². The first-order valence-electron chi connectivity index (χ1n) is 12.0. The molecule has 1 aromatic rings. The number of nitrogens with one attached hydrogen (secondary N) is 1. The average Bonchev–Trinajstić information content (AvgIpc) is 2.76. The van der Waals surface area contributed by atoms with E-state index in [-0.39, 0.29) is 18.4 Å². The fraction of sp³-hybridized carbons (Fsp3) is 0.640. The minimum absolute atomic E-state index is 0.0667. The zero-order valence-electron chi connectivity index (χ0n) is 20.5. The fourth-order valence-electron chi connectivity index (χ4n) is 4.35. The normalized spacial score (nSPS) is 16.6. The van der Waals surface area contributed by atoms with Crippen molar-refractivity contribution in [2.45, 2.75) is 83.9 Å². The Morgan fingerprint density at radius 3 is 2.64 bits per heavy atom. The van der Waals surface area contributed by atoms with E-state index in [0.717, 1.165) is 29.8 Å². The van der Waals surface area contributed by atoms with E-state index in [4.69, 9.17) is 15.2 Å². The Balaban J connectivity index is 1.48. The molecule has 0 spiro atoms. The number of anilines is 1. The second-order valence-corrected chi connectivity index (χ2v) is 10.0. The number of hydrogen-bond acceptors (Lipinski definition) is 6. The number of fused-ring (bicyclic) bond motifs is 1. The zero-order valence-corrected chi connectivity index (χ0v) is 20.5. The predicted molar refractivity (Wildman–Crippen MR) is 128 cm³/mol. The van der Waals surface area contributed by atoms with Crippen molar-refractivity contribution in [1.82, 2.24) is 4.90 Å². The van der Waals surface area contributed by atoms with E-state index in [1.165, 1.54) is 19.3 Å². The van der Waals surface area contributed by atoms with Crippen LogP contribution >= 0.6 is 0 Å². The van der Waals surface area contributed by atoms with Crippen LogP contribution < -0.4 is 15.8 Å². The van der Waals surface area contributed by atoms with Crippen LogP contribution in [0.2, 0.25) is 0 Å². The summed E-state index contributed by atoms with van der Waals surface area (Å²) in [7, 11) is 1.93. The maximum absolute atomic E-state index is 12.5.